The molecule has 7 heteroatoms. The average Bonchev–Trinajstić information content (AvgIpc) is 3.34. The van der Waals surface area contributed by atoms with Gasteiger partial charge in [0, 0.05) is 18.0 Å². The van der Waals surface area contributed by atoms with Crippen LogP contribution in [-0.2, 0) is 0 Å². The van der Waals surface area contributed by atoms with Gasteiger partial charge in [-0.3, -0.25) is 0 Å². The van der Waals surface area contributed by atoms with Gasteiger partial charge in [0.05, 0.1) is 10.4 Å². The van der Waals surface area contributed by atoms with Gasteiger partial charge in [-0.25, -0.2) is 9.97 Å². The number of anilines is 1. The summed E-state index contributed by atoms with van der Waals surface area (Å²) in [5.74, 6) is 1.50. The highest BCUT2D eigenvalue weighted by molar-refractivity contribution is 7.13. The third-order valence-corrected chi connectivity index (χ3v) is 6.59. The Bertz CT molecular complexity index is 1120. The van der Waals surface area contributed by atoms with Crippen molar-refractivity contribution in [3.63, 3.8) is 0 Å². The lowest BCUT2D eigenvalue weighted by Gasteiger charge is -2.22. The molecule has 0 aliphatic heterocycles. The Morgan fingerprint density at radius 2 is 1.80 bits per heavy atom. The Morgan fingerprint density at radius 3 is 2.67 bits per heavy atom. The summed E-state index contributed by atoms with van der Waals surface area (Å²) in [5, 5.41) is 19.1. The van der Waals surface area contributed by atoms with Crippen LogP contribution in [0.2, 0.25) is 0 Å². The van der Waals surface area contributed by atoms with E-state index in [4.69, 9.17) is 9.97 Å². The Hall–Kier alpha value is -2.64. The molecule has 1 fully saturated rings. The Morgan fingerprint density at radius 1 is 0.900 bits per heavy atom. The summed E-state index contributed by atoms with van der Waals surface area (Å²) >= 11 is 1.65. The fourth-order valence-corrected chi connectivity index (χ4v) is 4.81. The maximum Gasteiger partial charge on any atom is 0.172 e. The summed E-state index contributed by atoms with van der Waals surface area (Å²) in [4.78, 5) is 10.7. The van der Waals surface area contributed by atoms with Crippen LogP contribution in [0.3, 0.4) is 0 Å². The number of benzene rings is 1. The van der Waals surface area contributed by atoms with Crippen LogP contribution in [0.5, 0.6) is 0 Å². The van der Waals surface area contributed by atoms with Crippen molar-refractivity contribution in [1.29, 1.82) is 0 Å². The van der Waals surface area contributed by atoms with Gasteiger partial charge in [-0.15, -0.1) is 21.5 Å². The molecule has 154 valence electrons. The lowest BCUT2D eigenvalue weighted by Crippen LogP contribution is -2.32. The van der Waals surface area contributed by atoms with Crippen molar-refractivity contribution in [2.24, 2.45) is 0 Å². The number of fused-ring (bicyclic) bond motifs is 3. The molecule has 1 aliphatic rings. The van der Waals surface area contributed by atoms with Crippen LogP contribution >= 0.6 is 11.3 Å². The lowest BCUT2D eigenvalue weighted by atomic mass is 9.95. The van der Waals surface area contributed by atoms with Crippen molar-refractivity contribution in [3.8, 4) is 10.7 Å². The quantitative estimate of drug-likeness (QED) is 0.324. The normalized spacial score (nSPS) is 15.1. The second-order valence-corrected chi connectivity index (χ2v) is 8.80. The molecule has 3 aromatic heterocycles. The molecule has 1 aromatic carbocycles. The number of nitrogens with zero attached hydrogens (tertiary/aromatic N) is 4. The zero-order valence-electron chi connectivity index (χ0n) is 17.0. The van der Waals surface area contributed by atoms with Gasteiger partial charge in [-0.1, -0.05) is 43.5 Å². The van der Waals surface area contributed by atoms with Gasteiger partial charge in [-0.05, 0) is 43.3 Å². The molecule has 0 saturated heterocycles. The van der Waals surface area contributed by atoms with Crippen LogP contribution in [-0.4, -0.2) is 39.3 Å². The lowest BCUT2D eigenvalue weighted by molar-refractivity contribution is 0.373. The monoisotopic (exact) mass is 418 g/mol. The summed E-state index contributed by atoms with van der Waals surface area (Å²) in [5.41, 5.74) is 2.43. The first kappa shape index (κ1) is 19.3. The largest absolute Gasteiger partial charge is 0.368 e. The van der Waals surface area contributed by atoms with Crippen molar-refractivity contribution < 1.29 is 0 Å². The molecule has 30 heavy (non-hydrogen) atoms. The van der Waals surface area contributed by atoms with Crippen LogP contribution in [0.4, 0.5) is 5.82 Å². The predicted octanol–water partition coefficient (Wildman–Crippen LogP) is 5.03. The first-order valence-corrected chi connectivity index (χ1v) is 11.7. The summed E-state index contributed by atoms with van der Waals surface area (Å²) < 4.78 is 0. The molecule has 0 amide bonds. The van der Waals surface area contributed by atoms with E-state index >= 15 is 0 Å². The molecule has 6 nitrogen and oxygen atoms in total. The molecule has 0 atom stereocenters. The van der Waals surface area contributed by atoms with Gasteiger partial charge in [-0.2, -0.15) is 0 Å². The van der Waals surface area contributed by atoms with Crippen LogP contribution in [0, 0.1) is 0 Å². The fraction of sp³-hybridized carbons (Fsp3) is 0.391. The van der Waals surface area contributed by atoms with Crippen LogP contribution in [0.1, 0.15) is 38.5 Å². The van der Waals surface area contributed by atoms with Gasteiger partial charge < -0.3 is 10.6 Å². The molecule has 4 aromatic rings. The second kappa shape index (κ2) is 9.02. The van der Waals surface area contributed by atoms with Crippen LogP contribution in [0.25, 0.3) is 32.6 Å². The highest BCUT2D eigenvalue weighted by atomic mass is 32.1. The number of hydrogen-bond acceptors (Lipinski definition) is 7. The van der Waals surface area contributed by atoms with Crippen LogP contribution < -0.4 is 10.6 Å². The van der Waals surface area contributed by atoms with E-state index in [1.54, 1.807) is 11.3 Å². The van der Waals surface area contributed by atoms with Gasteiger partial charge in [0.15, 0.2) is 17.2 Å². The minimum absolute atomic E-state index is 0.696. The highest BCUT2D eigenvalue weighted by Gasteiger charge is 2.15. The van der Waals surface area contributed by atoms with Crippen molar-refractivity contribution in [2.75, 3.05) is 18.4 Å². The van der Waals surface area contributed by atoms with E-state index < -0.39 is 0 Å². The average molecular weight is 419 g/mol. The van der Waals surface area contributed by atoms with Gasteiger partial charge >= 0.3 is 0 Å². The smallest absolute Gasteiger partial charge is 0.172 e. The van der Waals surface area contributed by atoms with E-state index in [1.807, 2.05) is 24.3 Å². The topological polar surface area (TPSA) is 75.6 Å². The SMILES string of the molecule is c1csc(-c2nc(NCCCNC3CCCCC3)c3nnc4ccccc4c3n2)c1. The minimum Gasteiger partial charge on any atom is -0.368 e. The third kappa shape index (κ3) is 4.13. The maximum atomic E-state index is 4.86. The van der Waals surface area contributed by atoms with E-state index in [0.29, 0.717) is 6.04 Å². The van der Waals surface area contributed by atoms with Crippen molar-refractivity contribution in [3.05, 3.63) is 41.8 Å². The van der Waals surface area contributed by atoms with Gasteiger partial charge in [0.25, 0.3) is 0 Å². The molecule has 0 bridgehead atoms. The standard InChI is InChI=1S/C23H26N6S/c1-2-8-16(9-3-1)24-13-7-14-25-23-21-20(17-10-4-5-11-18(17)28-29-21)26-22(27-23)19-12-6-15-30-19/h4-6,10-12,15-16,24H,1-3,7-9,13-14H2,(H,25,26,27). The third-order valence-electron chi connectivity index (χ3n) is 5.73. The minimum atomic E-state index is 0.696. The molecule has 5 rings (SSSR count). The molecular weight excluding hydrogens is 392 g/mol. The van der Waals surface area contributed by atoms with Crippen LogP contribution in [0.15, 0.2) is 41.8 Å². The molecular formula is C23H26N6S. The fourth-order valence-electron chi connectivity index (χ4n) is 4.15. The number of rotatable bonds is 7. The van der Waals surface area contributed by atoms with E-state index in [9.17, 15) is 0 Å². The summed E-state index contributed by atoms with van der Waals surface area (Å²) in [6.45, 7) is 1.86. The molecule has 0 unspecified atom stereocenters. The van der Waals surface area contributed by atoms with Crippen molar-refractivity contribution in [2.45, 2.75) is 44.6 Å². The predicted molar refractivity (Wildman–Crippen MR) is 124 cm³/mol. The van der Waals surface area contributed by atoms with E-state index in [2.05, 4.69) is 38.3 Å². The van der Waals surface area contributed by atoms with Gasteiger partial charge in [0.2, 0.25) is 0 Å². The molecule has 1 aliphatic carbocycles. The molecule has 0 radical (unpaired) electrons. The van der Waals surface area contributed by atoms with E-state index in [0.717, 1.165) is 58.0 Å². The number of thiophene rings is 1. The first-order chi connectivity index (χ1) is 14.9. The first-order valence-electron chi connectivity index (χ1n) is 10.8. The summed E-state index contributed by atoms with van der Waals surface area (Å²) in [6.07, 6.45) is 7.79. The Labute approximate surface area is 180 Å². The molecule has 1 saturated carbocycles. The second-order valence-electron chi connectivity index (χ2n) is 7.86. The Balaban J connectivity index is 1.38. The zero-order chi connectivity index (χ0) is 20.2. The van der Waals surface area contributed by atoms with Crippen molar-refractivity contribution >= 4 is 39.1 Å². The number of aromatic nitrogens is 4. The zero-order valence-corrected chi connectivity index (χ0v) is 17.8. The molecule has 2 N–H and O–H groups in total. The molecule has 3 heterocycles. The van der Waals surface area contributed by atoms with E-state index in [-0.39, 0.29) is 0 Å². The summed E-state index contributed by atoms with van der Waals surface area (Å²) in [7, 11) is 0. The number of hydrogen-bond donors (Lipinski definition) is 2. The van der Waals surface area contributed by atoms with Gasteiger partial charge in [0.1, 0.15) is 5.52 Å². The number of nitrogens with one attached hydrogen (secondary N) is 2. The highest BCUT2D eigenvalue weighted by Crippen LogP contribution is 2.29. The summed E-state index contributed by atoms with van der Waals surface area (Å²) in [6, 6.07) is 12.8. The Kier molecular flexibility index (Phi) is 5.81. The van der Waals surface area contributed by atoms with E-state index in [1.165, 1.54) is 32.1 Å². The molecule has 0 spiro atoms. The van der Waals surface area contributed by atoms with Crippen molar-refractivity contribution in [1.82, 2.24) is 25.5 Å². The maximum absolute atomic E-state index is 4.86.